The van der Waals surface area contributed by atoms with Gasteiger partial charge >= 0.3 is 12.4 Å². The minimum Gasteiger partial charge on any atom is -0.382 e. The number of benzene rings is 2. The average molecular weight is 467 g/mol. The van der Waals surface area contributed by atoms with Crippen LogP contribution in [-0.4, -0.2) is 16.7 Å². The lowest BCUT2D eigenvalue weighted by molar-refractivity contribution is -0.143. The number of nitrogens with two attached hydrogens (primary N) is 2. The number of hydrogen-bond acceptors (Lipinski definition) is 4. The third-order valence-electron chi connectivity index (χ3n) is 4.44. The normalized spacial score (nSPS) is 13.3. The molecule has 0 unspecified atom stereocenters. The van der Waals surface area contributed by atoms with Gasteiger partial charge in [-0.3, -0.25) is 15.2 Å². The number of carbonyl (C=O) groups excluding carboxylic acids is 1. The van der Waals surface area contributed by atoms with Gasteiger partial charge < -0.3 is 11.5 Å². The standard InChI is InChI=1S/C21H15F6N5O/c22-20(23,24)14-6-12(7-15(8-14)21(25,26)27)18(28)32-31-10-16(19(29)33)13-5-11-3-1-2-4-17(11)30-9-13/h1-10,31H,(H2,28,32)(H2,29,33)/b16-10+. The average Bonchev–Trinajstić information content (AvgIpc) is 2.74. The molecular formula is C21H15F6N5O. The third-order valence-corrected chi connectivity index (χ3v) is 4.44. The van der Waals surface area contributed by atoms with Crippen molar-refractivity contribution < 1.29 is 31.1 Å². The van der Waals surface area contributed by atoms with Crippen LogP contribution < -0.4 is 16.9 Å². The first-order chi connectivity index (χ1) is 15.4. The predicted octanol–water partition coefficient (Wildman–Crippen LogP) is 4.01. The van der Waals surface area contributed by atoms with Crippen LogP contribution in [0.1, 0.15) is 22.3 Å². The van der Waals surface area contributed by atoms with Crippen LogP contribution in [0, 0.1) is 0 Å². The Kier molecular flexibility index (Phi) is 6.29. The second-order valence-corrected chi connectivity index (χ2v) is 6.76. The molecule has 0 fully saturated rings. The summed E-state index contributed by atoms with van der Waals surface area (Å²) < 4.78 is 78.1. The predicted molar refractivity (Wildman–Crippen MR) is 109 cm³/mol. The van der Waals surface area contributed by atoms with E-state index in [0.717, 1.165) is 6.20 Å². The molecule has 1 amide bonds. The van der Waals surface area contributed by atoms with Crippen LogP contribution in [0.2, 0.25) is 0 Å². The maximum atomic E-state index is 13.0. The number of hydrogen-bond donors (Lipinski definition) is 3. The molecule has 0 atom stereocenters. The zero-order valence-electron chi connectivity index (χ0n) is 16.5. The third kappa shape index (κ3) is 5.59. The fourth-order valence-corrected chi connectivity index (χ4v) is 2.85. The molecule has 3 rings (SSSR count). The Morgan fingerprint density at radius 1 is 0.909 bits per heavy atom. The van der Waals surface area contributed by atoms with Crippen molar-refractivity contribution in [1.29, 1.82) is 0 Å². The molecule has 12 heteroatoms. The molecule has 33 heavy (non-hydrogen) atoms. The number of nitrogens with zero attached hydrogens (tertiary/aromatic N) is 2. The van der Waals surface area contributed by atoms with Crippen LogP contribution in [0.4, 0.5) is 26.3 Å². The van der Waals surface area contributed by atoms with Crippen LogP contribution in [0.3, 0.4) is 0 Å². The van der Waals surface area contributed by atoms with Crippen LogP contribution in [0.25, 0.3) is 16.5 Å². The lowest BCUT2D eigenvalue weighted by Crippen LogP contribution is -2.21. The SMILES string of the molecule is NC(=O)/C(=C/N/N=C(\N)c1cc(C(F)(F)F)cc(C(F)(F)F)c1)c1cnc2ccccc2c1. The van der Waals surface area contributed by atoms with E-state index in [9.17, 15) is 31.1 Å². The molecule has 0 bridgehead atoms. The molecule has 2 aromatic carbocycles. The number of halogens is 6. The van der Waals surface area contributed by atoms with E-state index < -0.39 is 40.8 Å². The lowest BCUT2D eigenvalue weighted by atomic mass is 10.0. The van der Waals surface area contributed by atoms with Crippen molar-refractivity contribution in [3.8, 4) is 0 Å². The Morgan fingerprint density at radius 3 is 2.09 bits per heavy atom. The molecule has 0 aliphatic heterocycles. The largest absolute Gasteiger partial charge is 0.416 e. The maximum Gasteiger partial charge on any atom is 0.416 e. The number of carbonyl (C=O) groups is 1. The van der Waals surface area contributed by atoms with Crippen molar-refractivity contribution in [2.24, 2.45) is 16.6 Å². The van der Waals surface area contributed by atoms with Gasteiger partial charge in [-0.15, -0.1) is 0 Å². The highest BCUT2D eigenvalue weighted by atomic mass is 19.4. The number of amides is 1. The monoisotopic (exact) mass is 467 g/mol. The Bertz CT molecular complexity index is 1230. The minimum atomic E-state index is -5.04. The van der Waals surface area contributed by atoms with Gasteiger partial charge in [-0.2, -0.15) is 31.4 Å². The lowest BCUT2D eigenvalue weighted by Gasteiger charge is -2.14. The maximum absolute atomic E-state index is 13.0. The fraction of sp³-hybridized carbons (Fsp3) is 0.0952. The van der Waals surface area contributed by atoms with Gasteiger partial charge in [0.15, 0.2) is 5.84 Å². The van der Waals surface area contributed by atoms with Gasteiger partial charge in [0.1, 0.15) is 0 Å². The van der Waals surface area contributed by atoms with Gasteiger partial charge in [0, 0.05) is 28.9 Å². The zero-order chi connectivity index (χ0) is 24.4. The van der Waals surface area contributed by atoms with E-state index in [1.54, 1.807) is 30.3 Å². The fourth-order valence-electron chi connectivity index (χ4n) is 2.85. The number of amidine groups is 1. The summed E-state index contributed by atoms with van der Waals surface area (Å²) in [5, 5.41) is 4.26. The molecule has 0 radical (unpaired) electrons. The van der Waals surface area contributed by atoms with Gasteiger partial charge in [-0.1, -0.05) is 18.2 Å². The van der Waals surface area contributed by atoms with E-state index in [0.29, 0.717) is 28.6 Å². The first kappa shape index (κ1) is 23.6. The Balaban J connectivity index is 1.94. The van der Waals surface area contributed by atoms with E-state index in [1.165, 1.54) is 6.20 Å². The van der Waals surface area contributed by atoms with E-state index in [2.05, 4.69) is 15.5 Å². The summed E-state index contributed by atoms with van der Waals surface area (Å²) in [6.07, 6.45) is -7.69. The van der Waals surface area contributed by atoms with E-state index in [-0.39, 0.29) is 11.6 Å². The molecule has 1 aromatic heterocycles. The molecular weight excluding hydrogens is 452 g/mol. The van der Waals surface area contributed by atoms with Crippen molar-refractivity contribution >= 4 is 28.2 Å². The van der Waals surface area contributed by atoms with Crippen molar-refractivity contribution in [3.63, 3.8) is 0 Å². The summed E-state index contributed by atoms with van der Waals surface area (Å²) >= 11 is 0. The molecule has 1 heterocycles. The van der Waals surface area contributed by atoms with Crippen LogP contribution in [-0.2, 0) is 17.1 Å². The van der Waals surface area contributed by atoms with Crippen molar-refractivity contribution in [2.75, 3.05) is 0 Å². The first-order valence-electron chi connectivity index (χ1n) is 9.10. The summed E-state index contributed by atoms with van der Waals surface area (Å²) in [7, 11) is 0. The minimum absolute atomic E-state index is 0.0258. The topological polar surface area (TPSA) is 106 Å². The van der Waals surface area contributed by atoms with E-state index >= 15 is 0 Å². The number of primary amides is 1. The first-order valence-corrected chi connectivity index (χ1v) is 9.10. The molecule has 5 N–H and O–H groups in total. The Hall–Kier alpha value is -4.09. The second kappa shape index (κ2) is 8.81. The van der Waals surface area contributed by atoms with Crippen LogP contribution in [0.15, 0.2) is 66.0 Å². The van der Waals surface area contributed by atoms with Crippen molar-refractivity contribution in [2.45, 2.75) is 12.4 Å². The van der Waals surface area contributed by atoms with Crippen LogP contribution >= 0.6 is 0 Å². The van der Waals surface area contributed by atoms with Crippen LogP contribution in [0.5, 0.6) is 0 Å². The number of rotatable bonds is 5. The molecule has 0 aliphatic carbocycles. The molecule has 0 aliphatic rings. The quantitative estimate of drug-likeness (QED) is 0.173. The number of aromatic nitrogens is 1. The molecule has 6 nitrogen and oxygen atoms in total. The molecule has 3 aromatic rings. The molecule has 0 saturated carbocycles. The van der Waals surface area contributed by atoms with Crippen molar-refractivity contribution in [1.82, 2.24) is 10.4 Å². The summed E-state index contributed by atoms with van der Waals surface area (Å²) in [6, 6.07) is 9.49. The van der Waals surface area contributed by atoms with E-state index in [4.69, 9.17) is 11.5 Å². The molecule has 0 spiro atoms. The highest BCUT2D eigenvalue weighted by Gasteiger charge is 2.37. The zero-order valence-corrected chi connectivity index (χ0v) is 16.5. The Labute approximate surface area is 182 Å². The number of nitrogens with one attached hydrogen (secondary N) is 1. The molecule has 0 saturated heterocycles. The highest BCUT2D eigenvalue weighted by Crippen LogP contribution is 2.36. The summed E-state index contributed by atoms with van der Waals surface area (Å²) in [5.74, 6) is -1.56. The van der Waals surface area contributed by atoms with Gasteiger partial charge in [0.05, 0.1) is 22.2 Å². The second-order valence-electron chi connectivity index (χ2n) is 6.76. The van der Waals surface area contributed by atoms with Gasteiger partial charge in [0.2, 0.25) is 0 Å². The van der Waals surface area contributed by atoms with Crippen molar-refractivity contribution in [3.05, 3.63) is 83.2 Å². The summed E-state index contributed by atoms with van der Waals surface area (Å²) in [6.45, 7) is 0. The number of para-hydroxylation sites is 1. The number of hydrazone groups is 1. The number of fused-ring (bicyclic) bond motifs is 1. The van der Waals surface area contributed by atoms with Gasteiger partial charge in [-0.05, 0) is 30.3 Å². The van der Waals surface area contributed by atoms with Gasteiger partial charge in [0.25, 0.3) is 5.91 Å². The summed E-state index contributed by atoms with van der Waals surface area (Å²) in [5.41, 5.74) is 10.4. The Morgan fingerprint density at radius 2 is 1.52 bits per heavy atom. The van der Waals surface area contributed by atoms with E-state index in [1.807, 2.05) is 0 Å². The van der Waals surface area contributed by atoms with Gasteiger partial charge in [-0.25, -0.2) is 0 Å². The number of pyridine rings is 1. The summed E-state index contributed by atoms with van der Waals surface area (Å²) in [4.78, 5) is 16.0. The smallest absolute Gasteiger partial charge is 0.382 e. The number of alkyl halides is 6. The highest BCUT2D eigenvalue weighted by molar-refractivity contribution is 6.19. The molecule has 172 valence electrons.